The SMILES string of the molecule is Cc1ccc(S(=O)(=O)N(CC(=O)N(Cc2ccc(Cl)c(Cl)c2)[C@@H](C)C(=O)NC2CCCC2)c2cc(Cl)ccc2C)cc1. The lowest BCUT2D eigenvalue weighted by molar-refractivity contribution is -0.139. The molecule has 0 bridgehead atoms. The van der Waals surface area contributed by atoms with E-state index in [4.69, 9.17) is 34.8 Å². The largest absolute Gasteiger partial charge is 0.352 e. The van der Waals surface area contributed by atoms with E-state index in [0.29, 0.717) is 26.2 Å². The van der Waals surface area contributed by atoms with Gasteiger partial charge in [0.05, 0.1) is 20.6 Å². The highest BCUT2D eigenvalue weighted by molar-refractivity contribution is 7.92. The Labute approximate surface area is 262 Å². The van der Waals surface area contributed by atoms with Gasteiger partial charge < -0.3 is 10.2 Å². The lowest BCUT2D eigenvalue weighted by Gasteiger charge is -2.33. The number of rotatable bonds is 10. The van der Waals surface area contributed by atoms with E-state index in [1.807, 2.05) is 6.92 Å². The van der Waals surface area contributed by atoms with Crippen molar-refractivity contribution >= 4 is 62.3 Å². The molecule has 1 fully saturated rings. The van der Waals surface area contributed by atoms with Gasteiger partial charge in [-0.2, -0.15) is 0 Å². The zero-order chi connectivity index (χ0) is 30.6. The lowest BCUT2D eigenvalue weighted by Crippen LogP contribution is -2.52. The van der Waals surface area contributed by atoms with Crippen molar-refractivity contribution in [3.63, 3.8) is 0 Å². The molecule has 0 aromatic heterocycles. The van der Waals surface area contributed by atoms with Gasteiger partial charge in [0.25, 0.3) is 10.0 Å². The molecule has 7 nitrogen and oxygen atoms in total. The minimum atomic E-state index is -4.20. The van der Waals surface area contributed by atoms with Crippen molar-refractivity contribution in [3.8, 4) is 0 Å². The zero-order valence-electron chi connectivity index (χ0n) is 23.7. The van der Waals surface area contributed by atoms with Gasteiger partial charge in [0.2, 0.25) is 11.8 Å². The van der Waals surface area contributed by atoms with Gasteiger partial charge in [0.1, 0.15) is 12.6 Å². The molecule has 2 amide bonds. The van der Waals surface area contributed by atoms with E-state index >= 15 is 0 Å². The van der Waals surface area contributed by atoms with E-state index in [-0.39, 0.29) is 29.1 Å². The summed E-state index contributed by atoms with van der Waals surface area (Å²) in [6.07, 6.45) is 3.84. The third-order valence-corrected chi connectivity index (χ3v) is 10.3. The fraction of sp³-hybridized carbons (Fsp3) is 0.355. The molecule has 224 valence electrons. The molecule has 0 radical (unpaired) electrons. The average Bonchev–Trinajstić information content (AvgIpc) is 3.46. The average molecular weight is 651 g/mol. The summed E-state index contributed by atoms with van der Waals surface area (Å²) in [5.41, 5.74) is 2.43. The highest BCUT2D eigenvalue weighted by atomic mass is 35.5. The normalized spacial score (nSPS) is 14.4. The molecular formula is C31H34Cl3N3O4S. The van der Waals surface area contributed by atoms with Crippen LogP contribution in [-0.2, 0) is 26.2 Å². The van der Waals surface area contributed by atoms with Crippen molar-refractivity contribution in [1.29, 1.82) is 0 Å². The van der Waals surface area contributed by atoms with Crippen LogP contribution < -0.4 is 9.62 Å². The molecule has 0 aliphatic heterocycles. The van der Waals surface area contributed by atoms with Crippen LogP contribution in [0.1, 0.15) is 49.3 Å². The topological polar surface area (TPSA) is 86.8 Å². The molecule has 11 heteroatoms. The third kappa shape index (κ3) is 7.59. The Bertz CT molecular complexity index is 1560. The summed E-state index contributed by atoms with van der Waals surface area (Å²) in [6.45, 7) is 4.71. The first-order valence-corrected chi connectivity index (χ1v) is 16.3. The number of aryl methyl sites for hydroxylation is 2. The van der Waals surface area contributed by atoms with Crippen LogP contribution >= 0.6 is 34.8 Å². The number of sulfonamides is 1. The highest BCUT2D eigenvalue weighted by Gasteiger charge is 2.34. The van der Waals surface area contributed by atoms with Crippen LogP contribution in [0, 0.1) is 13.8 Å². The molecule has 0 saturated heterocycles. The number of anilines is 1. The van der Waals surface area contributed by atoms with Crippen LogP contribution in [0.25, 0.3) is 0 Å². The van der Waals surface area contributed by atoms with Gasteiger partial charge in [-0.25, -0.2) is 8.42 Å². The number of carbonyl (C=O) groups is 2. The fourth-order valence-electron chi connectivity index (χ4n) is 5.01. The predicted molar refractivity (Wildman–Crippen MR) is 169 cm³/mol. The Morgan fingerprint density at radius 3 is 2.24 bits per heavy atom. The molecule has 1 saturated carbocycles. The minimum Gasteiger partial charge on any atom is -0.352 e. The van der Waals surface area contributed by atoms with E-state index < -0.39 is 28.5 Å². The molecule has 1 aliphatic rings. The molecule has 0 unspecified atom stereocenters. The molecule has 0 heterocycles. The van der Waals surface area contributed by atoms with Crippen LogP contribution in [0.15, 0.2) is 65.6 Å². The molecule has 1 N–H and O–H groups in total. The monoisotopic (exact) mass is 649 g/mol. The maximum Gasteiger partial charge on any atom is 0.264 e. The van der Waals surface area contributed by atoms with Gasteiger partial charge in [0.15, 0.2) is 0 Å². The number of benzene rings is 3. The molecular weight excluding hydrogens is 617 g/mol. The second-order valence-electron chi connectivity index (χ2n) is 10.7. The van der Waals surface area contributed by atoms with Crippen LogP contribution in [0.4, 0.5) is 5.69 Å². The molecule has 0 spiro atoms. The smallest absolute Gasteiger partial charge is 0.264 e. The van der Waals surface area contributed by atoms with Crippen molar-refractivity contribution < 1.29 is 18.0 Å². The van der Waals surface area contributed by atoms with Gasteiger partial charge in [-0.05, 0) is 81.1 Å². The third-order valence-electron chi connectivity index (χ3n) is 7.53. The second-order valence-corrected chi connectivity index (χ2v) is 13.8. The van der Waals surface area contributed by atoms with E-state index in [1.165, 1.54) is 23.1 Å². The van der Waals surface area contributed by atoms with Crippen LogP contribution in [0.5, 0.6) is 0 Å². The van der Waals surface area contributed by atoms with Gasteiger partial charge >= 0.3 is 0 Å². The summed E-state index contributed by atoms with van der Waals surface area (Å²) < 4.78 is 29.1. The zero-order valence-corrected chi connectivity index (χ0v) is 26.8. The number of nitrogens with zero attached hydrogens (tertiary/aromatic N) is 2. The van der Waals surface area contributed by atoms with Crippen molar-refractivity contribution in [2.45, 2.75) is 70.0 Å². The van der Waals surface area contributed by atoms with Gasteiger partial charge in [0, 0.05) is 17.6 Å². The van der Waals surface area contributed by atoms with Crippen LogP contribution in [0.3, 0.4) is 0 Å². The first-order valence-electron chi connectivity index (χ1n) is 13.8. The summed E-state index contributed by atoms with van der Waals surface area (Å²) in [7, 11) is -4.20. The molecule has 4 rings (SSSR count). The number of hydrogen-bond acceptors (Lipinski definition) is 4. The summed E-state index contributed by atoms with van der Waals surface area (Å²) in [5, 5.41) is 4.04. The summed E-state index contributed by atoms with van der Waals surface area (Å²) in [6, 6.07) is 15.4. The molecule has 1 atom stereocenters. The summed E-state index contributed by atoms with van der Waals surface area (Å²) in [5.74, 6) is -0.868. The Balaban J connectivity index is 1.73. The Morgan fingerprint density at radius 1 is 0.929 bits per heavy atom. The molecule has 42 heavy (non-hydrogen) atoms. The van der Waals surface area contributed by atoms with Crippen molar-refractivity contribution in [2.75, 3.05) is 10.8 Å². The number of hydrogen-bond donors (Lipinski definition) is 1. The highest BCUT2D eigenvalue weighted by Crippen LogP contribution is 2.31. The van der Waals surface area contributed by atoms with Crippen LogP contribution in [0.2, 0.25) is 15.1 Å². The first-order chi connectivity index (χ1) is 19.9. The van der Waals surface area contributed by atoms with Crippen molar-refractivity contribution in [3.05, 3.63) is 92.4 Å². The lowest BCUT2D eigenvalue weighted by atomic mass is 10.1. The first kappa shape index (κ1) is 32.1. The van der Waals surface area contributed by atoms with Gasteiger partial charge in [-0.1, -0.05) is 77.5 Å². The maximum absolute atomic E-state index is 14.1. The van der Waals surface area contributed by atoms with Crippen molar-refractivity contribution in [2.24, 2.45) is 0 Å². The van der Waals surface area contributed by atoms with E-state index in [0.717, 1.165) is 35.6 Å². The molecule has 3 aromatic rings. The number of halogens is 3. The Kier molecular flexibility index (Phi) is 10.5. The number of amides is 2. The van der Waals surface area contributed by atoms with Gasteiger partial charge in [-0.3, -0.25) is 13.9 Å². The number of nitrogens with one attached hydrogen (secondary N) is 1. The summed E-state index contributed by atoms with van der Waals surface area (Å²) in [4.78, 5) is 28.9. The second kappa shape index (κ2) is 13.7. The molecule has 3 aromatic carbocycles. The minimum absolute atomic E-state index is 0.0158. The fourth-order valence-corrected chi connectivity index (χ4v) is 6.97. The quantitative estimate of drug-likeness (QED) is 0.258. The predicted octanol–water partition coefficient (Wildman–Crippen LogP) is 6.94. The summed E-state index contributed by atoms with van der Waals surface area (Å²) >= 11 is 18.7. The van der Waals surface area contributed by atoms with E-state index in [9.17, 15) is 18.0 Å². The van der Waals surface area contributed by atoms with Gasteiger partial charge in [-0.15, -0.1) is 0 Å². The van der Waals surface area contributed by atoms with Crippen molar-refractivity contribution in [1.82, 2.24) is 10.2 Å². The van der Waals surface area contributed by atoms with E-state index in [1.54, 1.807) is 56.3 Å². The Hall–Kier alpha value is -2.78. The Morgan fingerprint density at radius 2 is 1.60 bits per heavy atom. The van der Waals surface area contributed by atoms with E-state index in [2.05, 4.69) is 5.32 Å². The van der Waals surface area contributed by atoms with Crippen LogP contribution in [-0.4, -0.2) is 43.8 Å². The standard InChI is InChI=1S/C31H34Cl3N3O4S/c1-20-8-13-26(14-9-20)42(40,41)37(29-17-24(32)12-10-21(29)2)19-30(38)36(18-23-11-15-27(33)28(34)16-23)22(3)31(39)35-25-6-4-5-7-25/h8-17,22,25H,4-7,18-19H2,1-3H3,(H,35,39)/t22-/m0/s1. The number of carbonyl (C=O) groups excluding carboxylic acids is 2. The maximum atomic E-state index is 14.1. The molecule has 1 aliphatic carbocycles.